The van der Waals surface area contributed by atoms with Gasteiger partial charge in [0.25, 0.3) is 5.91 Å². The number of carbonyl (C=O) groups excluding carboxylic acids is 2. The van der Waals surface area contributed by atoms with E-state index in [4.69, 9.17) is 0 Å². The van der Waals surface area contributed by atoms with Gasteiger partial charge in [-0.3, -0.25) is 9.59 Å². The third kappa shape index (κ3) is 3.81. The van der Waals surface area contributed by atoms with E-state index in [1.807, 2.05) is 18.2 Å². The highest BCUT2D eigenvalue weighted by molar-refractivity contribution is 5.94. The summed E-state index contributed by atoms with van der Waals surface area (Å²) < 4.78 is 0. The van der Waals surface area contributed by atoms with Gasteiger partial charge in [0.2, 0.25) is 5.91 Å². The lowest BCUT2D eigenvalue weighted by molar-refractivity contribution is -0.122. The summed E-state index contributed by atoms with van der Waals surface area (Å²) in [6, 6.07) is 7.43. The van der Waals surface area contributed by atoms with Gasteiger partial charge in [-0.1, -0.05) is 12.1 Å². The van der Waals surface area contributed by atoms with Crippen LogP contribution >= 0.6 is 0 Å². The molecule has 0 aromatic heterocycles. The van der Waals surface area contributed by atoms with Crippen molar-refractivity contribution < 1.29 is 9.59 Å². The van der Waals surface area contributed by atoms with Crippen LogP contribution in [-0.4, -0.2) is 38.0 Å². The topological polar surface area (TPSA) is 70.2 Å². The first-order valence-corrected chi connectivity index (χ1v) is 7.03. The van der Waals surface area contributed by atoms with E-state index in [2.05, 4.69) is 16.0 Å². The van der Waals surface area contributed by atoms with Gasteiger partial charge in [-0.2, -0.15) is 0 Å². The van der Waals surface area contributed by atoms with Crippen molar-refractivity contribution in [3.05, 3.63) is 35.4 Å². The third-order valence-electron chi connectivity index (χ3n) is 3.51. The number of carbonyl (C=O) groups is 2. The van der Waals surface area contributed by atoms with Gasteiger partial charge in [0.1, 0.15) is 0 Å². The largest absolute Gasteiger partial charge is 0.355 e. The molecule has 1 aromatic rings. The van der Waals surface area contributed by atoms with Gasteiger partial charge < -0.3 is 16.0 Å². The number of hydrogen-bond donors (Lipinski definition) is 3. The summed E-state index contributed by atoms with van der Waals surface area (Å²) in [5.41, 5.74) is 1.69. The number of nitrogens with one attached hydrogen (secondary N) is 3. The standard InChI is InChI=1S/C15H21N3O2/c1-16-14(19)12-5-2-4-11(10-12)7-9-18-15(20)13-6-3-8-17-13/h2,4-5,10,13,17H,3,6-9H2,1H3,(H,16,19)(H,18,20). The fourth-order valence-corrected chi connectivity index (χ4v) is 2.37. The van der Waals surface area contributed by atoms with Gasteiger partial charge in [0.15, 0.2) is 0 Å². The summed E-state index contributed by atoms with van der Waals surface area (Å²) >= 11 is 0. The molecule has 2 rings (SSSR count). The van der Waals surface area contributed by atoms with Crippen molar-refractivity contribution in [2.45, 2.75) is 25.3 Å². The molecule has 2 amide bonds. The zero-order valence-corrected chi connectivity index (χ0v) is 11.7. The van der Waals surface area contributed by atoms with Crippen LogP contribution in [-0.2, 0) is 11.2 Å². The Kier molecular flexibility index (Phi) is 5.12. The summed E-state index contributed by atoms with van der Waals surface area (Å²) in [6.07, 6.45) is 2.70. The first kappa shape index (κ1) is 14.5. The molecule has 5 heteroatoms. The zero-order chi connectivity index (χ0) is 14.4. The second-order valence-corrected chi connectivity index (χ2v) is 4.97. The quantitative estimate of drug-likeness (QED) is 0.731. The van der Waals surface area contributed by atoms with E-state index in [0.29, 0.717) is 12.1 Å². The van der Waals surface area contributed by atoms with E-state index in [1.54, 1.807) is 13.1 Å². The molecule has 0 spiro atoms. The monoisotopic (exact) mass is 275 g/mol. The molecule has 1 atom stereocenters. The van der Waals surface area contributed by atoms with Crippen molar-refractivity contribution in [3.8, 4) is 0 Å². The molecular weight excluding hydrogens is 254 g/mol. The molecule has 5 nitrogen and oxygen atoms in total. The minimum atomic E-state index is -0.0916. The molecule has 1 aliphatic heterocycles. The summed E-state index contributed by atoms with van der Waals surface area (Å²) in [6.45, 7) is 1.51. The molecule has 1 aliphatic rings. The first-order chi connectivity index (χ1) is 9.70. The van der Waals surface area contributed by atoms with Crippen LogP contribution in [0.2, 0.25) is 0 Å². The smallest absolute Gasteiger partial charge is 0.251 e. The molecule has 1 unspecified atom stereocenters. The van der Waals surface area contributed by atoms with Crippen molar-refractivity contribution >= 4 is 11.8 Å². The molecule has 20 heavy (non-hydrogen) atoms. The number of benzene rings is 1. The van der Waals surface area contributed by atoms with Gasteiger partial charge in [0, 0.05) is 19.2 Å². The molecule has 1 fully saturated rings. The number of hydrogen-bond acceptors (Lipinski definition) is 3. The van der Waals surface area contributed by atoms with Crippen LogP contribution in [0.5, 0.6) is 0 Å². The van der Waals surface area contributed by atoms with Crippen LogP contribution < -0.4 is 16.0 Å². The summed E-state index contributed by atoms with van der Waals surface area (Å²) in [4.78, 5) is 23.4. The molecule has 0 aliphatic carbocycles. The SMILES string of the molecule is CNC(=O)c1cccc(CCNC(=O)C2CCCN2)c1. The highest BCUT2D eigenvalue weighted by Crippen LogP contribution is 2.07. The van der Waals surface area contributed by atoms with Crippen molar-refractivity contribution in [2.24, 2.45) is 0 Å². The lowest BCUT2D eigenvalue weighted by Crippen LogP contribution is -2.41. The van der Waals surface area contributed by atoms with Crippen LogP contribution in [0.4, 0.5) is 0 Å². The van der Waals surface area contributed by atoms with Gasteiger partial charge in [-0.05, 0) is 43.5 Å². The average molecular weight is 275 g/mol. The average Bonchev–Trinajstić information content (AvgIpc) is 3.01. The van der Waals surface area contributed by atoms with E-state index < -0.39 is 0 Å². The predicted molar refractivity (Wildman–Crippen MR) is 77.6 cm³/mol. The Bertz CT molecular complexity index is 482. The summed E-state index contributed by atoms with van der Waals surface area (Å²) in [7, 11) is 1.61. The van der Waals surface area contributed by atoms with Crippen molar-refractivity contribution in [1.29, 1.82) is 0 Å². The second-order valence-electron chi connectivity index (χ2n) is 4.97. The molecule has 0 radical (unpaired) electrons. The minimum Gasteiger partial charge on any atom is -0.355 e. The van der Waals surface area contributed by atoms with E-state index in [0.717, 1.165) is 31.4 Å². The van der Waals surface area contributed by atoms with Crippen molar-refractivity contribution in [3.63, 3.8) is 0 Å². The minimum absolute atomic E-state index is 0.0350. The fraction of sp³-hybridized carbons (Fsp3) is 0.467. The van der Waals surface area contributed by atoms with E-state index >= 15 is 0 Å². The Morgan fingerprint density at radius 2 is 2.25 bits per heavy atom. The molecule has 0 bridgehead atoms. The van der Waals surface area contributed by atoms with E-state index in [9.17, 15) is 9.59 Å². The highest BCUT2D eigenvalue weighted by atomic mass is 16.2. The Balaban J connectivity index is 1.81. The van der Waals surface area contributed by atoms with E-state index in [-0.39, 0.29) is 17.9 Å². The predicted octanol–water partition coefficient (Wildman–Crippen LogP) is 0.457. The highest BCUT2D eigenvalue weighted by Gasteiger charge is 2.21. The molecular formula is C15H21N3O2. The van der Waals surface area contributed by atoms with Gasteiger partial charge in [-0.15, -0.1) is 0 Å². The Morgan fingerprint density at radius 3 is 2.95 bits per heavy atom. The van der Waals surface area contributed by atoms with Crippen molar-refractivity contribution in [1.82, 2.24) is 16.0 Å². The molecule has 3 N–H and O–H groups in total. The zero-order valence-electron chi connectivity index (χ0n) is 11.7. The lowest BCUT2D eigenvalue weighted by Gasteiger charge is -2.11. The fourth-order valence-electron chi connectivity index (χ4n) is 2.37. The normalized spacial score (nSPS) is 17.8. The summed E-state index contributed by atoms with van der Waals surface area (Å²) in [5, 5.41) is 8.71. The van der Waals surface area contributed by atoms with Crippen LogP contribution in [0.25, 0.3) is 0 Å². The lowest BCUT2D eigenvalue weighted by atomic mass is 10.1. The maximum absolute atomic E-state index is 11.8. The number of rotatable bonds is 5. The van der Waals surface area contributed by atoms with Gasteiger partial charge >= 0.3 is 0 Å². The third-order valence-corrected chi connectivity index (χ3v) is 3.51. The van der Waals surface area contributed by atoms with Crippen LogP contribution in [0.15, 0.2) is 24.3 Å². The Labute approximate surface area is 119 Å². The van der Waals surface area contributed by atoms with E-state index in [1.165, 1.54) is 0 Å². The van der Waals surface area contributed by atoms with Crippen LogP contribution in [0, 0.1) is 0 Å². The van der Waals surface area contributed by atoms with Crippen molar-refractivity contribution in [2.75, 3.05) is 20.1 Å². The Hall–Kier alpha value is -1.88. The summed E-state index contributed by atoms with van der Waals surface area (Å²) in [5.74, 6) is -0.0176. The molecule has 108 valence electrons. The molecule has 1 heterocycles. The first-order valence-electron chi connectivity index (χ1n) is 7.03. The molecule has 1 aromatic carbocycles. The van der Waals surface area contributed by atoms with Gasteiger partial charge in [-0.25, -0.2) is 0 Å². The number of amides is 2. The van der Waals surface area contributed by atoms with Crippen LogP contribution in [0.3, 0.4) is 0 Å². The second kappa shape index (κ2) is 7.05. The maximum atomic E-state index is 11.8. The Morgan fingerprint density at radius 1 is 1.40 bits per heavy atom. The van der Waals surface area contributed by atoms with Crippen LogP contribution in [0.1, 0.15) is 28.8 Å². The van der Waals surface area contributed by atoms with Gasteiger partial charge in [0.05, 0.1) is 6.04 Å². The molecule has 0 saturated carbocycles. The maximum Gasteiger partial charge on any atom is 0.251 e. The molecule has 1 saturated heterocycles.